The Hall–Kier alpha value is -1.39. The van der Waals surface area contributed by atoms with Crippen molar-refractivity contribution in [3.05, 3.63) is 68.9 Å². The minimum atomic E-state index is -0.335. The van der Waals surface area contributed by atoms with Crippen LogP contribution in [0, 0.1) is 5.82 Å². The zero-order valence-electron chi connectivity index (χ0n) is 9.79. The van der Waals surface area contributed by atoms with E-state index >= 15 is 0 Å². The van der Waals surface area contributed by atoms with Crippen LogP contribution in [0.2, 0.25) is 5.02 Å². The first-order chi connectivity index (χ1) is 9.08. The summed E-state index contributed by atoms with van der Waals surface area (Å²) in [5.41, 5.74) is 0.904. The van der Waals surface area contributed by atoms with E-state index in [1.807, 2.05) is 0 Å². The van der Waals surface area contributed by atoms with Crippen molar-refractivity contribution in [1.29, 1.82) is 0 Å². The highest BCUT2D eigenvalue weighted by molar-refractivity contribution is 9.10. The fourth-order valence-corrected chi connectivity index (χ4v) is 2.45. The number of carbonyl (C=O) groups is 1. The van der Waals surface area contributed by atoms with E-state index in [0.29, 0.717) is 20.6 Å². The van der Waals surface area contributed by atoms with Crippen LogP contribution >= 0.6 is 27.5 Å². The molecule has 0 atom stereocenters. The normalized spacial score (nSPS) is 10.3. The van der Waals surface area contributed by atoms with Gasteiger partial charge in [-0.25, -0.2) is 4.39 Å². The Kier molecular flexibility index (Phi) is 4.56. The van der Waals surface area contributed by atoms with Gasteiger partial charge in [0.1, 0.15) is 5.82 Å². The molecule has 0 heterocycles. The third kappa shape index (κ3) is 3.55. The lowest BCUT2D eigenvalue weighted by atomic mass is 10.2. The van der Waals surface area contributed by atoms with Crippen LogP contribution in [0.15, 0.2) is 46.9 Å². The lowest BCUT2D eigenvalue weighted by Crippen LogP contribution is -2.23. The summed E-state index contributed by atoms with van der Waals surface area (Å²) in [7, 11) is 0. The van der Waals surface area contributed by atoms with Crippen molar-refractivity contribution < 1.29 is 9.18 Å². The average Bonchev–Trinajstić information content (AvgIpc) is 2.37. The van der Waals surface area contributed by atoms with Crippen LogP contribution in [0.4, 0.5) is 4.39 Å². The van der Waals surface area contributed by atoms with Crippen LogP contribution in [-0.2, 0) is 6.54 Å². The van der Waals surface area contributed by atoms with Gasteiger partial charge in [0.25, 0.3) is 5.91 Å². The molecule has 0 saturated carbocycles. The molecule has 2 aromatic carbocycles. The van der Waals surface area contributed by atoms with E-state index in [2.05, 4.69) is 21.2 Å². The van der Waals surface area contributed by atoms with Crippen molar-refractivity contribution in [2.75, 3.05) is 0 Å². The summed E-state index contributed by atoms with van der Waals surface area (Å²) in [5.74, 6) is -0.621. The number of halogens is 3. The first-order valence-corrected chi connectivity index (χ1v) is 6.71. The predicted molar refractivity (Wildman–Crippen MR) is 76.7 cm³/mol. The molecule has 0 aliphatic rings. The summed E-state index contributed by atoms with van der Waals surface area (Å²) in [4.78, 5) is 12.0. The van der Waals surface area contributed by atoms with Crippen molar-refractivity contribution in [3.63, 3.8) is 0 Å². The van der Waals surface area contributed by atoms with Gasteiger partial charge in [0.15, 0.2) is 0 Å². The molecule has 2 nitrogen and oxygen atoms in total. The third-order valence-electron chi connectivity index (χ3n) is 2.57. The van der Waals surface area contributed by atoms with E-state index in [-0.39, 0.29) is 18.3 Å². The van der Waals surface area contributed by atoms with Gasteiger partial charge in [-0.3, -0.25) is 4.79 Å². The summed E-state index contributed by atoms with van der Waals surface area (Å²) in [6.07, 6.45) is 0. The van der Waals surface area contributed by atoms with Crippen molar-refractivity contribution in [2.45, 2.75) is 6.54 Å². The monoisotopic (exact) mass is 341 g/mol. The van der Waals surface area contributed by atoms with E-state index in [4.69, 9.17) is 11.6 Å². The van der Waals surface area contributed by atoms with Crippen LogP contribution in [0.1, 0.15) is 15.9 Å². The molecular weight excluding hydrogens is 333 g/mol. The SMILES string of the molecule is O=C(NCc1ccccc1F)c1ccc(Cl)cc1Br. The highest BCUT2D eigenvalue weighted by Crippen LogP contribution is 2.21. The number of rotatable bonds is 3. The predicted octanol–water partition coefficient (Wildman–Crippen LogP) is 4.17. The molecule has 0 unspecified atom stereocenters. The van der Waals surface area contributed by atoms with Crippen LogP contribution in [0.3, 0.4) is 0 Å². The largest absolute Gasteiger partial charge is 0.348 e. The standard InChI is InChI=1S/C14H10BrClFNO/c15-12-7-10(16)5-6-11(12)14(19)18-8-9-3-1-2-4-13(9)17/h1-7H,8H2,(H,18,19). The Labute approximate surface area is 123 Å². The van der Waals surface area contributed by atoms with Gasteiger partial charge in [-0.05, 0) is 40.2 Å². The number of amides is 1. The summed E-state index contributed by atoms with van der Waals surface area (Å²) < 4.78 is 14.0. The average molecular weight is 343 g/mol. The maximum Gasteiger partial charge on any atom is 0.252 e. The molecule has 0 spiro atoms. The summed E-state index contributed by atoms with van der Waals surface area (Å²) in [6, 6.07) is 11.2. The van der Waals surface area contributed by atoms with Crippen molar-refractivity contribution in [3.8, 4) is 0 Å². The lowest BCUT2D eigenvalue weighted by Gasteiger charge is -2.08. The molecule has 5 heteroatoms. The molecule has 0 aliphatic heterocycles. The molecule has 0 aromatic heterocycles. The second-order valence-corrected chi connectivity index (χ2v) is 5.19. The Balaban J connectivity index is 2.08. The van der Waals surface area contributed by atoms with E-state index in [1.165, 1.54) is 6.07 Å². The molecule has 0 bridgehead atoms. The molecule has 2 aromatic rings. The highest BCUT2D eigenvalue weighted by Gasteiger charge is 2.10. The first kappa shape index (κ1) is 14.0. The zero-order valence-corrected chi connectivity index (χ0v) is 12.1. The first-order valence-electron chi connectivity index (χ1n) is 5.54. The van der Waals surface area contributed by atoms with Gasteiger partial charge in [0.2, 0.25) is 0 Å². The van der Waals surface area contributed by atoms with Crippen molar-refractivity contribution in [2.24, 2.45) is 0 Å². The Morgan fingerprint density at radius 1 is 1.26 bits per heavy atom. The highest BCUT2D eigenvalue weighted by atomic mass is 79.9. The smallest absolute Gasteiger partial charge is 0.252 e. The van der Waals surface area contributed by atoms with Crippen LogP contribution in [-0.4, -0.2) is 5.91 Å². The number of nitrogens with one attached hydrogen (secondary N) is 1. The minimum Gasteiger partial charge on any atom is -0.348 e. The molecule has 0 aliphatic carbocycles. The molecule has 0 saturated heterocycles. The fraction of sp³-hybridized carbons (Fsp3) is 0.0714. The van der Waals surface area contributed by atoms with Gasteiger partial charge in [0.05, 0.1) is 5.56 Å². The molecule has 0 radical (unpaired) electrons. The van der Waals surface area contributed by atoms with Gasteiger partial charge in [-0.15, -0.1) is 0 Å². The molecular formula is C14H10BrClFNO. The van der Waals surface area contributed by atoms with E-state index in [1.54, 1.807) is 36.4 Å². The Morgan fingerprint density at radius 2 is 2.00 bits per heavy atom. The number of hydrogen-bond donors (Lipinski definition) is 1. The van der Waals surface area contributed by atoms with Crippen LogP contribution in [0.5, 0.6) is 0 Å². The number of hydrogen-bond acceptors (Lipinski definition) is 1. The van der Waals surface area contributed by atoms with Gasteiger partial charge in [0, 0.05) is 21.6 Å². The van der Waals surface area contributed by atoms with E-state index in [0.717, 1.165) is 0 Å². The van der Waals surface area contributed by atoms with Crippen LogP contribution in [0.25, 0.3) is 0 Å². The van der Waals surface area contributed by atoms with Gasteiger partial charge in [-0.2, -0.15) is 0 Å². The summed E-state index contributed by atoms with van der Waals surface area (Å²) in [5, 5.41) is 3.20. The van der Waals surface area contributed by atoms with Gasteiger partial charge in [-0.1, -0.05) is 29.8 Å². The third-order valence-corrected chi connectivity index (χ3v) is 3.46. The second kappa shape index (κ2) is 6.17. The maximum atomic E-state index is 13.4. The molecule has 1 amide bonds. The number of carbonyl (C=O) groups excluding carboxylic acids is 1. The molecule has 0 fully saturated rings. The van der Waals surface area contributed by atoms with E-state index in [9.17, 15) is 9.18 Å². The maximum absolute atomic E-state index is 13.4. The van der Waals surface area contributed by atoms with Crippen molar-refractivity contribution >= 4 is 33.4 Å². The molecule has 19 heavy (non-hydrogen) atoms. The Bertz CT molecular complexity index is 618. The summed E-state index contributed by atoms with van der Waals surface area (Å²) in [6.45, 7) is 0.139. The molecule has 98 valence electrons. The Morgan fingerprint density at radius 3 is 2.68 bits per heavy atom. The fourth-order valence-electron chi connectivity index (χ4n) is 1.59. The van der Waals surface area contributed by atoms with E-state index < -0.39 is 0 Å². The van der Waals surface area contributed by atoms with Gasteiger partial charge < -0.3 is 5.32 Å². The quantitative estimate of drug-likeness (QED) is 0.891. The molecule has 1 N–H and O–H groups in total. The van der Waals surface area contributed by atoms with Crippen molar-refractivity contribution in [1.82, 2.24) is 5.32 Å². The summed E-state index contributed by atoms with van der Waals surface area (Å²) >= 11 is 9.07. The zero-order chi connectivity index (χ0) is 13.8. The number of benzene rings is 2. The minimum absolute atomic E-state index is 0.139. The van der Waals surface area contributed by atoms with Gasteiger partial charge >= 0.3 is 0 Å². The second-order valence-electron chi connectivity index (χ2n) is 3.90. The molecule has 2 rings (SSSR count). The lowest BCUT2D eigenvalue weighted by molar-refractivity contribution is 0.0950. The van der Waals surface area contributed by atoms with Crippen LogP contribution < -0.4 is 5.32 Å². The topological polar surface area (TPSA) is 29.1 Å².